The first-order valence-corrected chi connectivity index (χ1v) is 15.0. The lowest BCUT2D eigenvalue weighted by Crippen LogP contribution is -2.65. The molecule has 9 nitrogen and oxygen atoms in total. The zero-order chi connectivity index (χ0) is 25.5. The fourth-order valence-electron chi connectivity index (χ4n) is 5.66. The van der Waals surface area contributed by atoms with Crippen LogP contribution < -0.4 is 20.3 Å². The van der Waals surface area contributed by atoms with E-state index >= 15 is 0 Å². The number of anilines is 3. The van der Waals surface area contributed by atoms with Gasteiger partial charge >= 0.3 is 0 Å². The van der Waals surface area contributed by atoms with Gasteiger partial charge in [0.1, 0.15) is 5.82 Å². The van der Waals surface area contributed by atoms with E-state index in [1.807, 2.05) is 30.3 Å². The minimum atomic E-state index is -3.27. The largest absolute Gasteiger partial charge is 0.369 e. The van der Waals surface area contributed by atoms with Crippen molar-refractivity contribution in [2.75, 3.05) is 67.0 Å². The molecular formula is C27H35N7O2S. The van der Waals surface area contributed by atoms with Gasteiger partial charge in [0, 0.05) is 49.8 Å². The maximum atomic E-state index is 11.4. The molecule has 196 valence electrons. The van der Waals surface area contributed by atoms with E-state index in [0.29, 0.717) is 23.7 Å². The number of rotatable bonds is 8. The molecule has 0 saturated carbocycles. The predicted molar refractivity (Wildman–Crippen MR) is 149 cm³/mol. The van der Waals surface area contributed by atoms with Gasteiger partial charge < -0.3 is 15.5 Å². The highest BCUT2D eigenvalue weighted by atomic mass is 32.2. The monoisotopic (exact) mass is 521 g/mol. The smallest absolute Gasteiger partial charge is 0.229 e. The summed E-state index contributed by atoms with van der Waals surface area (Å²) >= 11 is 0. The summed E-state index contributed by atoms with van der Waals surface area (Å²) in [4.78, 5) is 14.8. The lowest BCUT2D eigenvalue weighted by atomic mass is 9.73. The Bertz CT molecular complexity index is 1360. The first-order chi connectivity index (χ1) is 17.9. The number of aromatic nitrogens is 2. The minimum Gasteiger partial charge on any atom is -0.369 e. The van der Waals surface area contributed by atoms with E-state index in [0.717, 1.165) is 54.0 Å². The number of hydrogen-bond donors (Lipinski definition) is 3. The third-order valence-corrected chi connectivity index (χ3v) is 8.68. The van der Waals surface area contributed by atoms with Crippen LogP contribution in [-0.2, 0) is 16.4 Å². The molecule has 0 bridgehead atoms. The van der Waals surface area contributed by atoms with Gasteiger partial charge in [-0.1, -0.05) is 24.3 Å². The lowest BCUT2D eigenvalue weighted by Gasteiger charge is -2.53. The Morgan fingerprint density at radius 2 is 1.76 bits per heavy atom. The van der Waals surface area contributed by atoms with Crippen LogP contribution in [-0.4, -0.2) is 81.4 Å². The molecule has 6 rings (SSSR count). The second-order valence-corrected chi connectivity index (χ2v) is 12.6. The van der Waals surface area contributed by atoms with Crippen LogP contribution in [0.2, 0.25) is 0 Å². The fourth-order valence-corrected chi connectivity index (χ4v) is 6.23. The molecule has 3 saturated heterocycles. The third-order valence-electron chi connectivity index (χ3n) is 8.07. The van der Waals surface area contributed by atoms with Crippen molar-refractivity contribution in [2.45, 2.75) is 25.3 Å². The normalized spacial score (nSPS) is 20.0. The van der Waals surface area contributed by atoms with Crippen LogP contribution >= 0.6 is 0 Å². The molecule has 10 heteroatoms. The minimum absolute atomic E-state index is 0.572. The van der Waals surface area contributed by atoms with Gasteiger partial charge in [-0.05, 0) is 67.6 Å². The predicted octanol–water partition coefficient (Wildman–Crippen LogP) is 2.53. The zero-order valence-electron chi connectivity index (χ0n) is 21.3. The van der Waals surface area contributed by atoms with Gasteiger partial charge in [-0.2, -0.15) is 4.98 Å². The molecule has 3 fully saturated rings. The van der Waals surface area contributed by atoms with E-state index in [9.17, 15) is 8.42 Å². The first kappa shape index (κ1) is 24.4. The Hall–Kier alpha value is -2.95. The number of benzene rings is 2. The summed E-state index contributed by atoms with van der Waals surface area (Å²) in [6, 6.07) is 16.2. The van der Waals surface area contributed by atoms with E-state index in [1.165, 1.54) is 39.0 Å². The number of para-hydroxylation sites is 1. The van der Waals surface area contributed by atoms with Crippen molar-refractivity contribution >= 4 is 38.4 Å². The molecule has 0 unspecified atom stereocenters. The van der Waals surface area contributed by atoms with Crippen molar-refractivity contribution in [3.63, 3.8) is 0 Å². The van der Waals surface area contributed by atoms with E-state index in [2.05, 4.69) is 31.2 Å². The van der Waals surface area contributed by atoms with Crippen LogP contribution in [0.3, 0.4) is 0 Å². The molecule has 3 aliphatic rings. The highest BCUT2D eigenvalue weighted by molar-refractivity contribution is 7.92. The molecule has 3 aliphatic heterocycles. The summed E-state index contributed by atoms with van der Waals surface area (Å²) in [5, 5.41) is 8.00. The van der Waals surface area contributed by atoms with Crippen LogP contribution in [0.1, 0.15) is 18.4 Å². The van der Waals surface area contributed by atoms with Crippen LogP contribution in [0.15, 0.2) is 48.5 Å². The molecule has 2 aromatic carbocycles. The van der Waals surface area contributed by atoms with Crippen molar-refractivity contribution in [1.82, 2.24) is 20.2 Å². The van der Waals surface area contributed by atoms with Gasteiger partial charge in [-0.15, -0.1) is 0 Å². The average Bonchev–Trinajstić information content (AvgIpc) is 2.83. The third kappa shape index (κ3) is 5.37. The van der Waals surface area contributed by atoms with Crippen molar-refractivity contribution in [3.05, 3.63) is 54.1 Å². The molecule has 37 heavy (non-hydrogen) atoms. The first-order valence-electron chi connectivity index (χ1n) is 13.1. The molecule has 4 heterocycles. The van der Waals surface area contributed by atoms with Gasteiger partial charge in [0.2, 0.25) is 16.0 Å². The van der Waals surface area contributed by atoms with Crippen LogP contribution in [0.5, 0.6) is 0 Å². The Morgan fingerprint density at radius 3 is 2.43 bits per heavy atom. The molecule has 0 amide bonds. The Labute approximate surface area is 218 Å². The van der Waals surface area contributed by atoms with Crippen LogP contribution in [0.25, 0.3) is 10.9 Å². The molecular weight excluding hydrogens is 486 g/mol. The van der Waals surface area contributed by atoms with E-state index in [4.69, 9.17) is 9.97 Å². The van der Waals surface area contributed by atoms with Gasteiger partial charge in [0.25, 0.3) is 0 Å². The van der Waals surface area contributed by atoms with Crippen LogP contribution in [0, 0.1) is 5.41 Å². The molecule has 0 aliphatic carbocycles. The lowest BCUT2D eigenvalue weighted by molar-refractivity contribution is 0.0279. The standard InChI is InChI=1S/C27H35N7O2S/c1-37(35,36)32-21-8-6-20(7-9-21)10-13-29-25-23-4-2-3-5-24(23)30-26(31-25)34-16-22(17-34)33-14-11-27(12-15-33)18-28-19-27/h2-9,22,28,32H,10-19H2,1H3,(H,29,30,31). The molecule has 1 aromatic heterocycles. The Morgan fingerprint density at radius 1 is 1.03 bits per heavy atom. The van der Waals surface area contributed by atoms with E-state index in [-0.39, 0.29) is 0 Å². The topological polar surface area (TPSA) is 102 Å². The summed E-state index contributed by atoms with van der Waals surface area (Å²) in [6.07, 6.45) is 4.58. The maximum absolute atomic E-state index is 11.4. The summed E-state index contributed by atoms with van der Waals surface area (Å²) in [5.41, 5.74) is 3.23. The van der Waals surface area contributed by atoms with Gasteiger partial charge in [0.05, 0.1) is 11.8 Å². The van der Waals surface area contributed by atoms with Crippen molar-refractivity contribution in [2.24, 2.45) is 5.41 Å². The average molecular weight is 522 g/mol. The molecule has 0 radical (unpaired) electrons. The quantitative estimate of drug-likeness (QED) is 0.416. The van der Waals surface area contributed by atoms with Gasteiger partial charge in [-0.25, -0.2) is 13.4 Å². The SMILES string of the molecule is CS(=O)(=O)Nc1ccc(CCNc2nc(N3CC(N4CCC5(CC4)CNC5)C3)nc3ccccc23)cc1. The summed E-state index contributed by atoms with van der Waals surface area (Å²) in [5.74, 6) is 1.65. The van der Waals surface area contributed by atoms with E-state index < -0.39 is 10.0 Å². The Balaban J connectivity index is 1.08. The molecule has 1 spiro atoms. The molecule has 3 aromatic rings. The van der Waals surface area contributed by atoms with Crippen LogP contribution in [0.4, 0.5) is 17.5 Å². The summed E-state index contributed by atoms with van der Waals surface area (Å²) in [6.45, 7) is 7.49. The van der Waals surface area contributed by atoms with E-state index in [1.54, 1.807) is 12.1 Å². The Kier molecular flexibility index (Phi) is 6.42. The number of sulfonamides is 1. The number of hydrogen-bond acceptors (Lipinski definition) is 8. The number of likely N-dealkylation sites (tertiary alicyclic amines) is 1. The second kappa shape index (κ2) is 9.74. The number of fused-ring (bicyclic) bond motifs is 1. The highest BCUT2D eigenvalue weighted by Crippen LogP contribution is 2.37. The fraction of sp³-hybridized carbons (Fsp3) is 0.481. The number of piperidine rings is 1. The molecule has 3 N–H and O–H groups in total. The molecule has 0 atom stereocenters. The highest BCUT2D eigenvalue weighted by Gasteiger charge is 2.43. The van der Waals surface area contributed by atoms with Gasteiger partial charge in [0.15, 0.2) is 0 Å². The van der Waals surface area contributed by atoms with Crippen molar-refractivity contribution in [1.29, 1.82) is 0 Å². The second-order valence-electron chi connectivity index (χ2n) is 10.8. The van der Waals surface area contributed by atoms with Crippen molar-refractivity contribution < 1.29 is 8.42 Å². The van der Waals surface area contributed by atoms with Gasteiger partial charge in [-0.3, -0.25) is 9.62 Å². The summed E-state index contributed by atoms with van der Waals surface area (Å²) < 4.78 is 25.3. The number of nitrogens with zero attached hydrogens (tertiary/aromatic N) is 4. The zero-order valence-corrected chi connectivity index (χ0v) is 22.1. The van der Waals surface area contributed by atoms with Crippen molar-refractivity contribution in [3.8, 4) is 0 Å². The summed E-state index contributed by atoms with van der Waals surface area (Å²) in [7, 11) is -3.27. The number of nitrogens with one attached hydrogen (secondary N) is 3. The maximum Gasteiger partial charge on any atom is 0.229 e.